The van der Waals surface area contributed by atoms with Crippen LogP contribution in [0.15, 0.2) is 12.7 Å². The maximum Gasteiger partial charge on any atom is 0.0575 e. The molecule has 0 heterocycles. The zero-order chi connectivity index (χ0) is 14.9. The molecule has 0 bridgehead atoms. The highest BCUT2D eigenvalue weighted by Crippen LogP contribution is 2.40. The number of hydrogen-bond donors (Lipinski definition) is 0. The SMILES string of the molecule is C=C[C@H]1CC[C@H](C2CCC(OCCCCCC)CC2)CC1. The Morgan fingerprint density at radius 2 is 1.48 bits per heavy atom. The van der Waals surface area contributed by atoms with Crippen molar-refractivity contribution in [3.63, 3.8) is 0 Å². The average Bonchev–Trinajstić information content (AvgIpc) is 2.55. The predicted octanol–water partition coefficient (Wildman–Crippen LogP) is 6.13. The standard InChI is InChI=1S/C20H36O/c1-3-5-6-7-16-21-20-14-12-19(13-15-20)18-10-8-17(4-2)9-11-18/h4,17-20H,2-3,5-16H2,1H3/t17-,18-,19?,20?. The molecule has 122 valence electrons. The van der Waals surface area contributed by atoms with E-state index < -0.39 is 0 Å². The topological polar surface area (TPSA) is 9.23 Å². The molecule has 21 heavy (non-hydrogen) atoms. The quantitative estimate of drug-likeness (QED) is 0.386. The molecule has 1 heteroatoms. The molecule has 2 saturated carbocycles. The highest BCUT2D eigenvalue weighted by Gasteiger charge is 2.30. The Morgan fingerprint density at radius 3 is 2.05 bits per heavy atom. The molecule has 0 aliphatic heterocycles. The minimum absolute atomic E-state index is 0.576. The first-order chi connectivity index (χ1) is 10.3. The second kappa shape index (κ2) is 9.66. The van der Waals surface area contributed by atoms with Gasteiger partial charge in [0.25, 0.3) is 0 Å². The normalized spacial score (nSPS) is 33.8. The summed E-state index contributed by atoms with van der Waals surface area (Å²) in [7, 11) is 0. The van der Waals surface area contributed by atoms with Crippen LogP contribution in [0.3, 0.4) is 0 Å². The van der Waals surface area contributed by atoms with Crippen LogP contribution in [0.2, 0.25) is 0 Å². The van der Waals surface area contributed by atoms with Gasteiger partial charge in [0.05, 0.1) is 6.10 Å². The maximum absolute atomic E-state index is 6.09. The van der Waals surface area contributed by atoms with E-state index in [2.05, 4.69) is 19.6 Å². The van der Waals surface area contributed by atoms with Gasteiger partial charge < -0.3 is 4.74 Å². The summed E-state index contributed by atoms with van der Waals surface area (Å²) < 4.78 is 6.09. The predicted molar refractivity (Wildman–Crippen MR) is 91.5 cm³/mol. The molecule has 0 aromatic rings. The van der Waals surface area contributed by atoms with E-state index >= 15 is 0 Å². The number of rotatable bonds is 8. The highest BCUT2D eigenvalue weighted by atomic mass is 16.5. The van der Waals surface area contributed by atoms with Gasteiger partial charge in [0.1, 0.15) is 0 Å². The molecule has 0 unspecified atom stereocenters. The van der Waals surface area contributed by atoms with E-state index in [-0.39, 0.29) is 0 Å². The van der Waals surface area contributed by atoms with E-state index in [1.54, 1.807) is 0 Å². The van der Waals surface area contributed by atoms with Gasteiger partial charge in [-0.25, -0.2) is 0 Å². The fraction of sp³-hybridized carbons (Fsp3) is 0.900. The Kier molecular flexibility index (Phi) is 7.85. The van der Waals surface area contributed by atoms with E-state index in [1.807, 2.05) is 0 Å². The Morgan fingerprint density at radius 1 is 0.857 bits per heavy atom. The zero-order valence-electron chi connectivity index (χ0n) is 14.2. The first kappa shape index (κ1) is 17.1. The smallest absolute Gasteiger partial charge is 0.0575 e. The molecular weight excluding hydrogens is 256 g/mol. The van der Waals surface area contributed by atoms with Gasteiger partial charge in [-0.3, -0.25) is 0 Å². The summed E-state index contributed by atoms with van der Waals surface area (Å²) in [4.78, 5) is 0. The lowest BCUT2D eigenvalue weighted by atomic mass is 9.70. The molecule has 0 amide bonds. The molecule has 0 radical (unpaired) electrons. The first-order valence-corrected chi connectivity index (χ1v) is 9.57. The summed E-state index contributed by atoms with van der Waals surface area (Å²) in [5.74, 6) is 2.81. The molecular formula is C20H36O. The van der Waals surface area contributed by atoms with E-state index in [0.29, 0.717) is 6.10 Å². The van der Waals surface area contributed by atoms with Crippen molar-refractivity contribution < 1.29 is 4.74 Å². The Balaban J connectivity index is 1.57. The minimum Gasteiger partial charge on any atom is -0.378 e. The van der Waals surface area contributed by atoms with Crippen LogP contribution in [0.4, 0.5) is 0 Å². The van der Waals surface area contributed by atoms with E-state index in [9.17, 15) is 0 Å². The van der Waals surface area contributed by atoms with Gasteiger partial charge in [-0.05, 0) is 75.5 Å². The van der Waals surface area contributed by atoms with E-state index in [0.717, 1.165) is 24.4 Å². The van der Waals surface area contributed by atoms with Crippen molar-refractivity contribution in [1.82, 2.24) is 0 Å². The molecule has 0 saturated heterocycles. The lowest BCUT2D eigenvalue weighted by Crippen LogP contribution is -2.28. The largest absolute Gasteiger partial charge is 0.378 e. The molecule has 2 rings (SSSR count). The van der Waals surface area contributed by atoms with Gasteiger partial charge in [-0.15, -0.1) is 6.58 Å². The van der Waals surface area contributed by atoms with E-state index in [1.165, 1.54) is 77.0 Å². The summed E-state index contributed by atoms with van der Waals surface area (Å²) in [6, 6.07) is 0. The number of hydrogen-bond acceptors (Lipinski definition) is 1. The minimum atomic E-state index is 0.576. The zero-order valence-corrected chi connectivity index (χ0v) is 14.2. The van der Waals surface area contributed by atoms with Gasteiger partial charge in [-0.1, -0.05) is 32.3 Å². The Bertz CT molecular complexity index is 270. The Labute approximate surface area is 132 Å². The van der Waals surface area contributed by atoms with Crippen molar-refractivity contribution in [2.45, 2.75) is 90.1 Å². The van der Waals surface area contributed by atoms with Gasteiger partial charge in [0.2, 0.25) is 0 Å². The van der Waals surface area contributed by atoms with Crippen LogP contribution < -0.4 is 0 Å². The van der Waals surface area contributed by atoms with Crippen molar-refractivity contribution in [3.05, 3.63) is 12.7 Å². The highest BCUT2D eigenvalue weighted by molar-refractivity contribution is 4.87. The van der Waals surface area contributed by atoms with Crippen LogP contribution >= 0.6 is 0 Å². The molecule has 2 aliphatic carbocycles. The van der Waals surface area contributed by atoms with E-state index in [4.69, 9.17) is 4.74 Å². The summed E-state index contributed by atoms with van der Waals surface area (Å²) >= 11 is 0. The van der Waals surface area contributed by atoms with Crippen LogP contribution in [-0.4, -0.2) is 12.7 Å². The van der Waals surface area contributed by atoms with Crippen LogP contribution in [0.1, 0.15) is 84.0 Å². The molecule has 2 aliphatic rings. The second-order valence-electron chi connectivity index (χ2n) is 7.38. The van der Waals surface area contributed by atoms with Crippen LogP contribution in [-0.2, 0) is 4.74 Å². The second-order valence-corrected chi connectivity index (χ2v) is 7.38. The summed E-state index contributed by atoms with van der Waals surface area (Å²) in [5.41, 5.74) is 0. The third-order valence-electron chi connectivity index (χ3n) is 5.89. The summed E-state index contributed by atoms with van der Waals surface area (Å²) in [6.07, 6.45) is 19.2. The van der Waals surface area contributed by atoms with Crippen LogP contribution in [0, 0.1) is 17.8 Å². The third-order valence-corrected chi connectivity index (χ3v) is 5.89. The summed E-state index contributed by atoms with van der Waals surface area (Å²) in [6.45, 7) is 7.23. The Hall–Kier alpha value is -0.300. The van der Waals surface area contributed by atoms with Crippen molar-refractivity contribution in [1.29, 1.82) is 0 Å². The summed E-state index contributed by atoms with van der Waals surface area (Å²) in [5, 5.41) is 0. The molecule has 2 fully saturated rings. The van der Waals surface area contributed by atoms with Crippen molar-refractivity contribution in [3.8, 4) is 0 Å². The van der Waals surface area contributed by atoms with Crippen LogP contribution in [0.25, 0.3) is 0 Å². The van der Waals surface area contributed by atoms with Gasteiger partial charge >= 0.3 is 0 Å². The monoisotopic (exact) mass is 292 g/mol. The van der Waals surface area contributed by atoms with Gasteiger partial charge in [0, 0.05) is 6.61 Å². The molecule has 0 N–H and O–H groups in total. The van der Waals surface area contributed by atoms with Gasteiger partial charge in [-0.2, -0.15) is 0 Å². The number of ether oxygens (including phenoxy) is 1. The fourth-order valence-corrected chi connectivity index (χ4v) is 4.36. The molecule has 0 aromatic carbocycles. The third kappa shape index (κ3) is 5.77. The van der Waals surface area contributed by atoms with Crippen LogP contribution in [0.5, 0.6) is 0 Å². The fourth-order valence-electron chi connectivity index (χ4n) is 4.36. The van der Waals surface area contributed by atoms with Crippen molar-refractivity contribution >= 4 is 0 Å². The maximum atomic E-state index is 6.09. The average molecular weight is 293 g/mol. The molecule has 0 spiro atoms. The molecule has 0 aromatic heterocycles. The molecule has 1 nitrogen and oxygen atoms in total. The number of allylic oxidation sites excluding steroid dienone is 1. The number of unbranched alkanes of at least 4 members (excludes halogenated alkanes) is 3. The van der Waals surface area contributed by atoms with Crippen molar-refractivity contribution in [2.75, 3.05) is 6.61 Å². The first-order valence-electron chi connectivity index (χ1n) is 9.57. The lowest BCUT2D eigenvalue weighted by molar-refractivity contribution is 0.00598. The lowest BCUT2D eigenvalue weighted by Gasteiger charge is -2.37. The van der Waals surface area contributed by atoms with Crippen molar-refractivity contribution in [2.24, 2.45) is 17.8 Å². The van der Waals surface area contributed by atoms with Gasteiger partial charge in [0.15, 0.2) is 0 Å². The molecule has 0 atom stereocenters.